The number of methoxy groups -OCH3 is 1. The van der Waals surface area contributed by atoms with Crippen molar-refractivity contribution in [2.75, 3.05) is 20.2 Å². The predicted octanol–water partition coefficient (Wildman–Crippen LogP) is 2.91. The molecule has 0 saturated heterocycles. The Labute approximate surface area is 106 Å². The second-order valence-corrected chi connectivity index (χ2v) is 4.67. The van der Waals surface area contributed by atoms with Crippen molar-refractivity contribution in [2.24, 2.45) is 5.92 Å². The minimum atomic E-state index is -0.214. The number of hydrogen-bond acceptors (Lipinski definition) is 3. The van der Waals surface area contributed by atoms with Gasteiger partial charge in [0.2, 0.25) is 0 Å². The Morgan fingerprint density at radius 2 is 2.06 bits per heavy atom. The number of unbranched alkanes of at least 4 members (excludes halogenated alkanes) is 1. The van der Waals surface area contributed by atoms with Crippen LogP contribution in [0.4, 0.5) is 0 Å². The molecule has 0 aliphatic heterocycles. The van der Waals surface area contributed by atoms with Gasteiger partial charge in [0.25, 0.3) is 0 Å². The average molecular weight is 241 g/mol. The van der Waals surface area contributed by atoms with E-state index in [-0.39, 0.29) is 5.97 Å². The fraction of sp³-hybridized carbons (Fsp3) is 0.786. The summed E-state index contributed by atoms with van der Waals surface area (Å²) in [7, 11) is 1.42. The molecule has 0 bridgehead atoms. The van der Waals surface area contributed by atoms with Crippen molar-refractivity contribution in [3.63, 3.8) is 0 Å². The molecule has 0 heterocycles. The van der Waals surface area contributed by atoms with Crippen molar-refractivity contribution >= 4 is 5.97 Å². The fourth-order valence-electron chi connectivity index (χ4n) is 1.60. The smallest absolute Gasteiger partial charge is 0.333 e. The SMILES string of the molecule is CCC(=CCNCCCCC(C)C)C(=O)OC. The summed E-state index contributed by atoms with van der Waals surface area (Å²) in [6.45, 7) is 8.23. The maximum absolute atomic E-state index is 11.3. The highest BCUT2D eigenvalue weighted by Gasteiger charge is 2.05. The Bertz CT molecular complexity index is 234. The molecule has 100 valence electrons. The molecule has 3 nitrogen and oxygen atoms in total. The van der Waals surface area contributed by atoms with Gasteiger partial charge < -0.3 is 10.1 Å². The Morgan fingerprint density at radius 3 is 2.59 bits per heavy atom. The Balaban J connectivity index is 3.60. The molecule has 1 N–H and O–H groups in total. The zero-order valence-electron chi connectivity index (χ0n) is 11.7. The number of nitrogens with one attached hydrogen (secondary N) is 1. The second-order valence-electron chi connectivity index (χ2n) is 4.67. The molecule has 0 amide bonds. The lowest BCUT2D eigenvalue weighted by atomic mass is 10.1. The van der Waals surface area contributed by atoms with E-state index in [1.54, 1.807) is 0 Å². The molecule has 0 aromatic carbocycles. The highest BCUT2D eigenvalue weighted by molar-refractivity contribution is 5.88. The maximum atomic E-state index is 11.3. The van der Waals surface area contributed by atoms with Crippen molar-refractivity contribution in [1.82, 2.24) is 5.32 Å². The van der Waals surface area contributed by atoms with Crippen LogP contribution in [0.15, 0.2) is 11.6 Å². The third kappa shape index (κ3) is 8.93. The zero-order valence-corrected chi connectivity index (χ0v) is 11.7. The van der Waals surface area contributed by atoms with Crippen molar-refractivity contribution in [2.45, 2.75) is 46.5 Å². The van der Waals surface area contributed by atoms with Crippen LogP contribution >= 0.6 is 0 Å². The van der Waals surface area contributed by atoms with Gasteiger partial charge in [-0.3, -0.25) is 0 Å². The number of rotatable bonds is 9. The summed E-state index contributed by atoms with van der Waals surface area (Å²) in [5, 5.41) is 3.32. The molecular formula is C14H27NO2. The minimum absolute atomic E-state index is 0.214. The van der Waals surface area contributed by atoms with Crippen LogP contribution in [0.25, 0.3) is 0 Å². The molecule has 17 heavy (non-hydrogen) atoms. The summed E-state index contributed by atoms with van der Waals surface area (Å²) in [4.78, 5) is 11.3. The second kappa shape index (κ2) is 10.3. The van der Waals surface area contributed by atoms with Gasteiger partial charge in [0, 0.05) is 12.1 Å². The van der Waals surface area contributed by atoms with Gasteiger partial charge in [0.15, 0.2) is 0 Å². The first-order chi connectivity index (χ1) is 8.11. The number of esters is 1. The molecule has 0 atom stereocenters. The summed E-state index contributed by atoms with van der Waals surface area (Å²) in [6, 6.07) is 0. The number of hydrogen-bond donors (Lipinski definition) is 1. The van der Waals surface area contributed by atoms with E-state index >= 15 is 0 Å². The molecule has 3 heteroatoms. The quantitative estimate of drug-likeness (QED) is 0.383. The van der Waals surface area contributed by atoms with Crippen LogP contribution in [0.1, 0.15) is 46.5 Å². The van der Waals surface area contributed by atoms with E-state index in [0.717, 1.165) is 31.0 Å². The molecule has 0 spiro atoms. The van der Waals surface area contributed by atoms with Crippen LogP contribution in [0.5, 0.6) is 0 Å². The molecule has 0 aliphatic carbocycles. The third-order valence-corrected chi connectivity index (χ3v) is 2.71. The van der Waals surface area contributed by atoms with Crippen LogP contribution in [0.2, 0.25) is 0 Å². The number of carbonyl (C=O) groups excluding carboxylic acids is 1. The van der Waals surface area contributed by atoms with Gasteiger partial charge in [0.1, 0.15) is 0 Å². The molecule has 0 unspecified atom stereocenters. The molecule has 0 radical (unpaired) electrons. The van der Waals surface area contributed by atoms with Crippen LogP contribution in [0.3, 0.4) is 0 Å². The van der Waals surface area contributed by atoms with Crippen molar-refractivity contribution in [3.8, 4) is 0 Å². The van der Waals surface area contributed by atoms with Gasteiger partial charge in [0.05, 0.1) is 7.11 Å². The lowest BCUT2D eigenvalue weighted by molar-refractivity contribution is -0.136. The van der Waals surface area contributed by atoms with Gasteiger partial charge in [-0.2, -0.15) is 0 Å². The number of carbonyl (C=O) groups is 1. The molecule has 0 aromatic heterocycles. The topological polar surface area (TPSA) is 38.3 Å². The van der Waals surface area contributed by atoms with E-state index in [1.165, 1.54) is 26.4 Å². The molecule has 0 aliphatic rings. The lowest BCUT2D eigenvalue weighted by Gasteiger charge is -2.05. The molecular weight excluding hydrogens is 214 g/mol. The Morgan fingerprint density at radius 1 is 1.35 bits per heavy atom. The van der Waals surface area contributed by atoms with Crippen molar-refractivity contribution in [1.29, 1.82) is 0 Å². The standard InChI is InChI=1S/C14H27NO2/c1-5-13(14(16)17-4)9-11-15-10-7-6-8-12(2)3/h9,12,15H,5-8,10-11H2,1-4H3. The van der Waals surface area contributed by atoms with E-state index < -0.39 is 0 Å². The summed E-state index contributed by atoms with van der Waals surface area (Å²) in [6.07, 6.45) is 6.41. The van der Waals surface area contributed by atoms with Gasteiger partial charge in [-0.1, -0.05) is 39.7 Å². The van der Waals surface area contributed by atoms with E-state index in [4.69, 9.17) is 4.74 Å². The van der Waals surface area contributed by atoms with Gasteiger partial charge >= 0.3 is 5.97 Å². The van der Waals surface area contributed by atoms with E-state index in [0.29, 0.717) is 0 Å². The highest BCUT2D eigenvalue weighted by atomic mass is 16.5. The maximum Gasteiger partial charge on any atom is 0.333 e. The predicted molar refractivity (Wildman–Crippen MR) is 71.9 cm³/mol. The van der Waals surface area contributed by atoms with E-state index in [1.807, 2.05) is 13.0 Å². The largest absolute Gasteiger partial charge is 0.466 e. The lowest BCUT2D eigenvalue weighted by Crippen LogP contribution is -2.16. The number of ether oxygens (including phenoxy) is 1. The molecule has 0 rings (SSSR count). The summed E-state index contributed by atoms with van der Waals surface area (Å²) in [5.74, 6) is 0.579. The van der Waals surface area contributed by atoms with Gasteiger partial charge in [-0.15, -0.1) is 0 Å². The molecule has 0 saturated carbocycles. The van der Waals surface area contributed by atoms with Crippen LogP contribution in [-0.4, -0.2) is 26.2 Å². The minimum Gasteiger partial charge on any atom is -0.466 e. The molecule has 0 fully saturated rings. The molecule has 0 aromatic rings. The summed E-state index contributed by atoms with van der Waals surface area (Å²) >= 11 is 0. The van der Waals surface area contributed by atoms with E-state index in [2.05, 4.69) is 19.2 Å². The van der Waals surface area contributed by atoms with Crippen LogP contribution < -0.4 is 5.32 Å². The normalized spacial score (nSPS) is 11.9. The van der Waals surface area contributed by atoms with E-state index in [9.17, 15) is 4.79 Å². The van der Waals surface area contributed by atoms with Crippen LogP contribution in [-0.2, 0) is 9.53 Å². The first-order valence-electron chi connectivity index (χ1n) is 6.59. The first-order valence-corrected chi connectivity index (χ1v) is 6.59. The van der Waals surface area contributed by atoms with Crippen molar-refractivity contribution in [3.05, 3.63) is 11.6 Å². The van der Waals surface area contributed by atoms with Gasteiger partial charge in [-0.25, -0.2) is 4.79 Å². The average Bonchev–Trinajstić information content (AvgIpc) is 2.31. The monoisotopic (exact) mass is 241 g/mol. The first kappa shape index (κ1) is 16.2. The summed E-state index contributed by atoms with van der Waals surface area (Å²) in [5.41, 5.74) is 0.752. The third-order valence-electron chi connectivity index (χ3n) is 2.71. The Hall–Kier alpha value is -0.830. The zero-order chi connectivity index (χ0) is 13.1. The summed E-state index contributed by atoms with van der Waals surface area (Å²) < 4.78 is 4.69. The van der Waals surface area contributed by atoms with Gasteiger partial charge in [-0.05, 0) is 25.3 Å². The fourth-order valence-corrected chi connectivity index (χ4v) is 1.60. The highest BCUT2D eigenvalue weighted by Crippen LogP contribution is 2.05. The van der Waals surface area contributed by atoms with Crippen molar-refractivity contribution < 1.29 is 9.53 Å². The van der Waals surface area contributed by atoms with Crippen LogP contribution in [0, 0.1) is 5.92 Å². The Kier molecular flexibility index (Phi) is 9.83.